The predicted octanol–water partition coefficient (Wildman–Crippen LogP) is 3.75. The standard InChI is InChI=1S/C25H35NO7S2/c1-25(2)23(24(27)28)26(15-19-34-25)35(29,30)21-13-11-20(12-14-21)31-16-7-4-3-5-8-17-32-22-10-6-9-18-33-22/h11-14,22-23H,3,5-6,8-10,15-19H2,1-2H3,(H,27,28)/t22?,23-/m0/s1. The van der Waals surface area contributed by atoms with Crippen molar-refractivity contribution in [2.24, 2.45) is 0 Å². The Hall–Kier alpha value is -1.77. The molecule has 1 aromatic carbocycles. The molecule has 1 unspecified atom stereocenters. The quantitative estimate of drug-likeness (QED) is 0.364. The molecule has 0 amide bonds. The van der Waals surface area contributed by atoms with Crippen LogP contribution in [0.15, 0.2) is 29.2 Å². The third-order valence-corrected chi connectivity index (χ3v) is 9.20. The molecular formula is C25H35NO7S2. The molecule has 2 fully saturated rings. The molecule has 2 heterocycles. The van der Waals surface area contributed by atoms with Gasteiger partial charge in [0, 0.05) is 36.7 Å². The maximum atomic E-state index is 13.2. The zero-order valence-corrected chi connectivity index (χ0v) is 22.0. The van der Waals surface area contributed by atoms with Crippen molar-refractivity contribution in [3.05, 3.63) is 24.3 Å². The molecule has 194 valence electrons. The van der Waals surface area contributed by atoms with E-state index in [0.717, 1.165) is 49.4 Å². The number of hydrogen-bond donors (Lipinski definition) is 1. The average molecular weight is 526 g/mol. The number of carboxylic acids is 1. The summed E-state index contributed by atoms with van der Waals surface area (Å²) in [6.07, 6.45) is 5.83. The van der Waals surface area contributed by atoms with E-state index in [9.17, 15) is 18.3 Å². The largest absolute Gasteiger partial charge is 0.481 e. The number of carboxylic acid groups (broad SMARTS) is 1. The highest BCUT2D eigenvalue weighted by molar-refractivity contribution is 8.00. The van der Waals surface area contributed by atoms with E-state index in [2.05, 4.69) is 11.8 Å². The number of carbonyl (C=O) groups is 1. The van der Waals surface area contributed by atoms with Crippen molar-refractivity contribution in [2.45, 2.75) is 74.3 Å². The topological polar surface area (TPSA) is 102 Å². The minimum absolute atomic E-state index is 0.0470. The molecule has 10 heteroatoms. The summed E-state index contributed by atoms with van der Waals surface area (Å²) in [5.74, 6) is 5.94. The molecule has 8 nitrogen and oxygen atoms in total. The molecule has 2 atom stereocenters. The van der Waals surface area contributed by atoms with Crippen molar-refractivity contribution in [1.82, 2.24) is 4.31 Å². The van der Waals surface area contributed by atoms with Gasteiger partial charge >= 0.3 is 5.97 Å². The lowest BCUT2D eigenvalue weighted by Gasteiger charge is -2.42. The summed E-state index contributed by atoms with van der Waals surface area (Å²) in [6.45, 7) is 5.35. The van der Waals surface area contributed by atoms with Gasteiger partial charge in [0.2, 0.25) is 10.0 Å². The van der Waals surface area contributed by atoms with Crippen LogP contribution in [0.1, 0.15) is 52.4 Å². The van der Waals surface area contributed by atoms with Crippen LogP contribution in [0.5, 0.6) is 5.75 Å². The van der Waals surface area contributed by atoms with Crippen LogP contribution in [0.25, 0.3) is 0 Å². The van der Waals surface area contributed by atoms with E-state index in [4.69, 9.17) is 14.2 Å². The van der Waals surface area contributed by atoms with Crippen LogP contribution in [-0.2, 0) is 24.3 Å². The van der Waals surface area contributed by atoms with Crippen LogP contribution in [0.2, 0.25) is 0 Å². The Labute approximate surface area is 212 Å². The molecule has 3 rings (SSSR count). The Balaban J connectivity index is 1.43. The molecular weight excluding hydrogens is 490 g/mol. The van der Waals surface area contributed by atoms with E-state index in [1.807, 2.05) is 0 Å². The fourth-order valence-corrected chi connectivity index (χ4v) is 7.20. The van der Waals surface area contributed by atoms with Gasteiger partial charge in [0.25, 0.3) is 0 Å². The minimum atomic E-state index is -3.95. The summed E-state index contributed by atoms with van der Waals surface area (Å²) < 4.78 is 43.5. The van der Waals surface area contributed by atoms with Crippen molar-refractivity contribution in [1.29, 1.82) is 0 Å². The van der Waals surface area contributed by atoms with Gasteiger partial charge in [0.05, 0.1) is 4.90 Å². The summed E-state index contributed by atoms with van der Waals surface area (Å²) in [5.41, 5.74) is 0. The third kappa shape index (κ3) is 7.86. The zero-order chi connectivity index (χ0) is 25.3. The number of nitrogens with zero attached hydrogens (tertiary/aromatic N) is 1. The smallest absolute Gasteiger partial charge is 0.323 e. The van der Waals surface area contributed by atoms with Gasteiger partial charge in [0.1, 0.15) is 18.4 Å². The molecule has 35 heavy (non-hydrogen) atoms. The molecule has 2 aliphatic heterocycles. The van der Waals surface area contributed by atoms with Gasteiger partial charge in [0.15, 0.2) is 6.29 Å². The Morgan fingerprint density at radius 3 is 2.69 bits per heavy atom. The number of hydrogen-bond acceptors (Lipinski definition) is 7. The Bertz CT molecular complexity index is 993. The van der Waals surface area contributed by atoms with Gasteiger partial charge in [-0.3, -0.25) is 4.79 Å². The monoisotopic (exact) mass is 525 g/mol. The maximum absolute atomic E-state index is 13.2. The number of unbranched alkanes of at least 4 members (excludes halogenated alkanes) is 2. The van der Waals surface area contributed by atoms with E-state index in [1.165, 1.54) is 23.9 Å². The van der Waals surface area contributed by atoms with Crippen molar-refractivity contribution in [3.63, 3.8) is 0 Å². The zero-order valence-electron chi connectivity index (χ0n) is 20.4. The van der Waals surface area contributed by atoms with E-state index in [-0.39, 0.29) is 24.3 Å². The van der Waals surface area contributed by atoms with Crippen LogP contribution in [0.4, 0.5) is 0 Å². The van der Waals surface area contributed by atoms with Crippen LogP contribution in [0, 0.1) is 11.8 Å². The predicted molar refractivity (Wildman–Crippen MR) is 135 cm³/mol. The van der Waals surface area contributed by atoms with Gasteiger partial charge in [-0.2, -0.15) is 16.1 Å². The normalized spacial score (nSPS) is 22.7. The van der Waals surface area contributed by atoms with Crippen LogP contribution in [0.3, 0.4) is 0 Å². The highest BCUT2D eigenvalue weighted by Crippen LogP contribution is 2.38. The number of rotatable bonds is 10. The highest BCUT2D eigenvalue weighted by Gasteiger charge is 2.48. The molecule has 0 radical (unpaired) electrons. The number of ether oxygens (including phenoxy) is 3. The SMILES string of the molecule is CC1(C)SCCN(S(=O)(=O)c2ccc(OCC#CCCCCOC3CCCCO3)cc2)[C@H]1C(=O)O. The van der Waals surface area contributed by atoms with Crippen molar-refractivity contribution >= 4 is 27.8 Å². The second-order valence-electron chi connectivity index (χ2n) is 9.05. The Kier molecular flexibility index (Phi) is 10.3. The molecule has 2 aliphatic rings. The first-order valence-corrected chi connectivity index (χ1v) is 14.4. The summed E-state index contributed by atoms with van der Waals surface area (Å²) in [7, 11) is -3.95. The lowest BCUT2D eigenvalue weighted by atomic mass is 10.0. The summed E-state index contributed by atoms with van der Waals surface area (Å²) in [4.78, 5) is 11.9. The maximum Gasteiger partial charge on any atom is 0.323 e. The first-order chi connectivity index (χ1) is 16.7. The molecule has 2 saturated heterocycles. The number of benzene rings is 1. The highest BCUT2D eigenvalue weighted by atomic mass is 32.2. The molecule has 0 spiro atoms. The van der Waals surface area contributed by atoms with Gasteiger partial charge in [-0.1, -0.05) is 11.8 Å². The van der Waals surface area contributed by atoms with E-state index in [0.29, 0.717) is 18.1 Å². The number of sulfonamides is 1. The molecule has 1 aromatic rings. The van der Waals surface area contributed by atoms with Crippen molar-refractivity contribution in [3.8, 4) is 17.6 Å². The first-order valence-electron chi connectivity index (χ1n) is 12.0. The number of aliphatic carboxylic acids is 1. The van der Waals surface area contributed by atoms with Crippen LogP contribution < -0.4 is 4.74 Å². The first kappa shape index (κ1) is 27.8. The molecule has 0 aliphatic carbocycles. The van der Waals surface area contributed by atoms with Gasteiger partial charge < -0.3 is 19.3 Å². The Morgan fingerprint density at radius 2 is 2.00 bits per heavy atom. The van der Waals surface area contributed by atoms with Crippen LogP contribution in [-0.4, -0.2) is 73.0 Å². The minimum Gasteiger partial charge on any atom is -0.481 e. The van der Waals surface area contributed by atoms with Crippen molar-refractivity contribution < 1.29 is 32.5 Å². The summed E-state index contributed by atoms with van der Waals surface area (Å²) in [5, 5.41) is 9.69. The van der Waals surface area contributed by atoms with E-state index in [1.54, 1.807) is 26.0 Å². The second-order valence-corrected chi connectivity index (χ2v) is 12.7. The second kappa shape index (κ2) is 13.0. The van der Waals surface area contributed by atoms with Gasteiger partial charge in [-0.15, -0.1) is 0 Å². The third-order valence-electron chi connectivity index (χ3n) is 5.97. The van der Waals surface area contributed by atoms with E-state index < -0.39 is 26.8 Å². The van der Waals surface area contributed by atoms with Crippen LogP contribution >= 0.6 is 11.8 Å². The summed E-state index contributed by atoms with van der Waals surface area (Å²) in [6, 6.07) is 4.89. The number of thioether (sulfide) groups is 1. The fraction of sp³-hybridized carbons (Fsp3) is 0.640. The molecule has 0 saturated carbocycles. The summed E-state index contributed by atoms with van der Waals surface area (Å²) >= 11 is 1.47. The van der Waals surface area contributed by atoms with Gasteiger partial charge in [-0.05, 0) is 70.2 Å². The Morgan fingerprint density at radius 1 is 1.23 bits per heavy atom. The van der Waals surface area contributed by atoms with Gasteiger partial charge in [-0.25, -0.2) is 8.42 Å². The molecule has 0 aromatic heterocycles. The average Bonchev–Trinajstić information content (AvgIpc) is 2.83. The fourth-order valence-electron chi connectivity index (χ4n) is 4.11. The molecule has 0 bridgehead atoms. The van der Waals surface area contributed by atoms with E-state index >= 15 is 0 Å². The lowest BCUT2D eigenvalue weighted by molar-refractivity contribution is -0.162. The van der Waals surface area contributed by atoms with Crippen molar-refractivity contribution in [2.75, 3.05) is 32.1 Å². The molecule has 1 N–H and O–H groups in total. The lowest BCUT2D eigenvalue weighted by Crippen LogP contribution is -2.58.